The Morgan fingerprint density at radius 2 is 1.89 bits per heavy atom. The average Bonchev–Trinajstić information content (AvgIpc) is 2.94. The highest BCUT2D eigenvalue weighted by Crippen LogP contribution is 2.39. The summed E-state index contributed by atoms with van der Waals surface area (Å²) < 4.78 is 1.61. The largest absolute Gasteiger partial charge is 0.322 e. The zero-order chi connectivity index (χ0) is 18.8. The Morgan fingerprint density at radius 3 is 2.59 bits per heavy atom. The molecule has 5 rings (SSSR count). The van der Waals surface area contributed by atoms with Crippen LogP contribution < -0.4 is 16.2 Å². The highest BCUT2D eigenvalue weighted by atomic mass is 35.5. The van der Waals surface area contributed by atoms with Crippen LogP contribution in [0.2, 0.25) is 5.02 Å². The van der Waals surface area contributed by atoms with Gasteiger partial charge in [-0.15, -0.1) is 0 Å². The molecule has 1 unspecified atom stereocenters. The van der Waals surface area contributed by atoms with Gasteiger partial charge < -0.3 is 9.88 Å². The van der Waals surface area contributed by atoms with E-state index < -0.39 is 17.5 Å². The number of hydrogen-bond acceptors (Lipinski definition) is 4. The zero-order valence-corrected chi connectivity index (χ0v) is 14.7. The van der Waals surface area contributed by atoms with E-state index in [9.17, 15) is 14.4 Å². The summed E-state index contributed by atoms with van der Waals surface area (Å²) >= 11 is 6.29. The molecule has 8 heteroatoms. The molecule has 0 bridgehead atoms. The number of amides is 3. The second-order valence-corrected chi connectivity index (χ2v) is 7.10. The van der Waals surface area contributed by atoms with Crippen LogP contribution in [0.5, 0.6) is 0 Å². The van der Waals surface area contributed by atoms with Gasteiger partial charge in [0.05, 0.1) is 11.0 Å². The average molecular weight is 381 g/mol. The standard InChI is InChI=1S/C19H13ClN4O3/c20-11-8-12-15-13(9-11)21-14(10-4-2-1-3-5-10)16(25)24(15)7-6-19(12)17(26)22-18(27)23-19/h1-5,8-9H,6-7H2,(H2,22,23,26,27). The predicted octanol–water partition coefficient (Wildman–Crippen LogP) is 2.16. The number of rotatable bonds is 1. The highest BCUT2D eigenvalue weighted by molar-refractivity contribution is 6.31. The first-order chi connectivity index (χ1) is 13.0. The molecule has 2 aliphatic heterocycles. The van der Waals surface area contributed by atoms with Crippen LogP contribution in [0.15, 0.2) is 47.3 Å². The van der Waals surface area contributed by atoms with Crippen LogP contribution in [0.1, 0.15) is 12.0 Å². The molecule has 0 saturated carbocycles. The number of carbonyl (C=O) groups is 2. The van der Waals surface area contributed by atoms with Gasteiger partial charge in [-0.25, -0.2) is 9.78 Å². The molecule has 1 atom stereocenters. The van der Waals surface area contributed by atoms with Gasteiger partial charge in [0, 0.05) is 29.1 Å². The topological polar surface area (TPSA) is 93.1 Å². The summed E-state index contributed by atoms with van der Waals surface area (Å²) in [5.41, 5.74) is 1.08. The summed E-state index contributed by atoms with van der Waals surface area (Å²) in [5, 5.41) is 5.37. The molecule has 1 aromatic heterocycles. The third-order valence-electron chi connectivity index (χ3n) is 5.16. The molecule has 1 spiro atoms. The molecule has 27 heavy (non-hydrogen) atoms. The van der Waals surface area contributed by atoms with Crippen LogP contribution in [0.4, 0.5) is 4.79 Å². The summed E-state index contributed by atoms with van der Waals surface area (Å²) in [6.07, 6.45) is 0.255. The molecule has 2 N–H and O–H groups in total. The first kappa shape index (κ1) is 16.0. The maximum Gasteiger partial charge on any atom is 0.322 e. The summed E-state index contributed by atoms with van der Waals surface area (Å²) in [7, 11) is 0. The monoisotopic (exact) mass is 380 g/mol. The van der Waals surface area contributed by atoms with Crippen molar-refractivity contribution in [3.05, 3.63) is 63.4 Å². The van der Waals surface area contributed by atoms with Gasteiger partial charge >= 0.3 is 6.03 Å². The molecule has 134 valence electrons. The predicted molar refractivity (Wildman–Crippen MR) is 99.4 cm³/mol. The first-order valence-electron chi connectivity index (χ1n) is 8.43. The normalized spacial score (nSPS) is 20.8. The fourth-order valence-corrected chi connectivity index (χ4v) is 4.16. The van der Waals surface area contributed by atoms with E-state index in [1.165, 1.54) is 0 Å². The lowest BCUT2D eigenvalue weighted by Crippen LogP contribution is -2.48. The fourth-order valence-electron chi connectivity index (χ4n) is 3.95. The van der Waals surface area contributed by atoms with Crippen LogP contribution in [-0.4, -0.2) is 21.5 Å². The lowest BCUT2D eigenvalue weighted by atomic mass is 9.83. The van der Waals surface area contributed by atoms with Gasteiger partial charge in [-0.1, -0.05) is 41.9 Å². The Hall–Kier alpha value is -3.19. The Balaban J connectivity index is 1.87. The Labute approximate surface area is 158 Å². The number of aryl methyl sites for hydroxylation is 1. The van der Waals surface area contributed by atoms with Crippen molar-refractivity contribution in [2.24, 2.45) is 0 Å². The van der Waals surface area contributed by atoms with Crippen molar-refractivity contribution < 1.29 is 9.59 Å². The third kappa shape index (κ3) is 2.15. The minimum absolute atomic E-state index is 0.239. The molecule has 1 fully saturated rings. The molecular weight excluding hydrogens is 368 g/mol. The zero-order valence-electron chi connectivity index (χ0n) is 14.0. The molecule has 0 radical (unpaired) electrons. The quantitative estimate of drug-likeness (QED) is 0.633. The minimum Gasteiger partial charge on any atom is -0.319 e. The van der Waals surface area contributed by atoms with Gasteiger partial charge in [-0.05, 0) is 12.1 Å². The molecule has 1 saturated heterocycles. The summed E-state index contributed by atoms with van der Waals surface area (Å²) in [5.74, 6) is -0.443. The number of hydrogen-bond donors (Lipinski definition) is 2. The van der Waals surface area contributed by atoms with E-state index in [0.29, 0.717) is 32.9 Å². The fraction of sp³-hybridized carbons (Fsp3) is 0.158. The number of benzene rings is 2. The molecule has 0 aliphatic carbocycles. The van der Waals surface area contributed by atoms with Crippen LogP contribution >= 0.6 is 11.6 Å². The van der Waals surface area contributed by atoms with Crippen LogP contribution in [-0.2, 0) is 16.9 Å². The number of halogens is 1. The van der Waals surface area contributed by atoms with Crippen molar-refractivity contribution in [2.75, 3.05) is 0 Å². The van der Waals surface area contributed by atoms with Crippen molar-refractivity contribution >= 4 is 34.6 Å². The van der Waals surface area contributed by atoms with Crippen LogP contribution in [0.3, 0.4) is 0 Å². The highest BCUT2D eigenvalue weighted by Gasteiger charge is 2.50. The van der Waals surface area contributed by atoms with Gasteiger partial charge in [0.2, 0.25) is 0 Å². The number of fused-ring (bicyclic) bond motifs is 1. The SMILES string of the molecule is O=C1NC(=O)C2(CCn3c(=O)c(-c4ccccc4)nc4cc(Cl)cc2c43)N1. The van der Waals surface area contributed by atoms with Crippen molar-refractivity contribution in [3.8, 4) is 11.3 Å². The van der Waals surface area contributed by atoms with Gasteiger partial charge in [0.15, 0.2) is 0 Å². The summed E-state index contributed by atoms with van der Waals surface area (Å²) in [6.45, 7) is 0.278. The number of nitrogens with zero attached hydrogens (tertiary/aromatic N) is 2. The minimum atomic E-state index is -1.23. The summed E-state index contributed by atoms with van der Waals surface area (Å²) in [6, 6.07) is 11.9. The van der Waals surface area contributed by atoms with Gasteiger partial charge in [-0.3, -0.25) is 14.9 Å². The van der Waals surface area contributed by atoms with Crippen molar-refractivity contribution in [1.29, 1.82) is 0 Å². The van der Waals surface area contributed by atoms with E-state index in [4.69, 9.17) is 11.6 Å². The molecule has 3 heterocycles. The summed E-state index contributed by atoms with van der Waals surface area (Å²) in [4.78, 5) is 42.0. The molecule has 3 amide bonds. The van der Waals surface area contributed by atoms with Crippen LogP contribution in [0, 0.1) is 0 Å². The van der Waals surface area contributed by atoms with E-state index in [0.717, 1.165) is 0 Å². The van der Waals surface area contributed by atoms with Crippen molar-refractivity contribution in [2.45, 2.75) is 18.5 Å². The Kier molecular flexibility index (Phi) is 3.21. The van der Waals surface area contributed by atoms with Crippen LogP contribution in [0.25, 0.3) is 22.3 Å². The van der Waals surface area contributed by atoms with E-state index in [2.05, 4.69) is 15.6 Å². The maximum atomic E-state index is 13.1. The number of nitrogens with one attached hydrogen (secondary N) is 2. The second-order valence-electron chi connectivity index (χ2n) is 6.67. The number of urea groups is 1. The van der Waals surface area contributed by atoms with Gasteiger partial charge in [-0.2, -0.15) is 0 Å². The van der Waals surface area contributed by atoms with Gasteiger partial charge in [0.25, 0.3) is 11.5 Å². The number of carbonyl (C=O) groups excluding carboxylic acids is 2. The second kappa shape index (κ2) is 5.40. The maximum absolute atomic E-state index is 13.1. The van der Waals surface area contributed by atoms with E-state index in [1.807, 2.05) is 30.3 Å². The number of imide groups is 1. The lowest BCUT2D eigenvalue weighted by Gasteiger charge is -2.33. The molecular formula is C19H13ClN4O3. The Bertz CT molecular complexity index is 1210. The first-order valence-corrected chi connectivity index (χ1v) is 8.81. The molecule has 2 aliphatic rings. The van der Waals surface area contributed by atoms with Crippen molar-refractivity contribution in [3.63, 3.8) is 0 Å². The van der Waals surface area contributed by atoms with E-state index in [1.54, 1.807) is 16.7 Å². The molecule has 3 aromatic rings. The molecule has 7 nitrogen and oxygen atoms in total. The Morgan fingerprint density at radius 1 is 1.11 bits per heavy atom. The van der Waals surface area contributed by atoms with E-state index >= 15 is 0 Å². The van der Waals surface area contributed by atoms with Gasteiger partial charge in [0.1, 0.15) is 11.2 Å². The lowest BCUT2D eigenvalue weighted by molar-refractivity contribution is -0.124. The third-order valence-corrected chi connectivity index (χ3v) is 5.38. The van der Waals surface area contributed by atoms with Crippen molar-refractivity contribution in [1.82, 2.24) is 20.2 Å². The smallest absolute Gasteiger partial charge is 0.319 e. The number of aromatic nitrogens is 2. The molecule has 2 aromatic carbocycles. The van der Waals surface area contributed by atoms with E-state index in [-0.39, 0.29) is 18.5 Å².